The van der Waals surface area contributed by atoms with Crippen molar-refractivity contribution in [2.75, 3.05) is 12.3 Å². The number of rotatable bonds is 1. The summed E-state index contributed by atoms with van der Waals surface area (Å²) < 4.78 is 4.92. The van der Waals surface area contributed by atoms with Crippen molar-refractivity contribution < 1.29 is 9.32 Å². The van der Waals surface area contributed by atoms with Gasteiger partial charge in [-0.2, -0.15) is 0 Å². The fourth-order valence-electron chi connectivity index (χ4n) is 2.12. The predicted molar refractivity (Wildman–Crippen MR) is 66.1 cm³/mol. The Kier molecular flexibility index (Phi) is 2.66. The van der Waals surface area contributed by atoms with Gasteiger partial charge in [0.1, 0.15) is 5.76 Å². The number of nitrogens with two attached hydrogens (primary N) is 1. The molecule has 2 aromatic rings. The first-order valence-corrected chi connectivity index (χ1v) is 5.96. The van der Waals surface area contributed by atoms with Crippen LogP contribution in [0.15, 0.2) is 16.8 Å². The maximum Gasteiger partial charge on any atom is 0.276 e. The number of hydrogen-bond donors (Lipinski definition) is 1. The van der Waals surface area contributed by atoms with Crippen LogP contribution in [-0.2, 0) is 13.0 Å². The summed E-state index contributed by atoms with van der Waals surface area (Å²) >= 11 is 0. The average Bonchev–Trinajstić information content (AvgIpc) is 2.83. The Morgan fingerprint density at radius 3 is 3.11 bits per heavy atom. The van der Waals surface area contributed by atoms with E-state index in [1.54, 1.807) is 24.1 Å². The van der Waals surface area contributed by atoms with E-state index in [2.05, 4.69) is 15.1 Å². The highest BCUT2D eigenvalue weighted by Gasteiger charge is 2.25. The first-order chi connectivity index (χ1) is 9.13. The molecule has 0 unspecified atom stereocenters. The Balaban J connectivity index is 1.83. The lowest BCUT2D eigenvalue weighted by Crippen LogP contribution is -2.36. The normalized spacial score (nSPS) is 14.3. The number of anilines is 1. The topological polar surface area (TPSA) is 98.1 Å². The second kappa shape index (κ2) is 4.34. The molecule has 7 heteroatoms. The minimum Gasteiger partial charge on any atom is -0.368 e. The standard InChI is InChI=1S/C12H13N5O2/c1-7-4-9(16-19-7)11(18)17-3-2-8-5-14-12(13)15-10(8)6-17/h4-5H,2-3,6H2,1H3,(H2,13,14,15). The number of nitrogen functional groups attached to an aromatic ring is 1. The van der Waals surface area contributed by atoms with Crippen LogP contribution in [0.25, 0.3) is 0 Å². The number of aryl methyl sites for hydroxylation is 1. The molecule has 0 radical (unpaired) electrons. The fraction of sp³-hybridized carbons (Fsp3) is 0.333. The summed E-state index contributed by atoms with van der Waals surface area (Å²) in [5.74, 6) is 0.692. The molecule has 1 amide bonds. The molecule has 7 nitrogen and oxygen atoms in total. The van der Waals surface area contributed by atoms with Crippen molar-refractivity contribution in [2.24, 2.45) is 0 Å². The molecule has 0 aliphatic carbocycles. The first kappa shape index (κ1) is 11.6. The van der Waals surface area contributed by atoms with E-state index in [1.165, 1.54) is 0 Å². The van der Waals surface area contributed by atoms with Crippen LogP contribution in [0.4, 0.5) is 5.95 Å². The van der Waals surface area contributed by atoms with Crippen LogP contribution >= 0.6 is 0 Å². The Morgan fingerprint density at radius 2 is 2.37 bits per heavy atom. The van der Waals surface area contributed by atoms with Crippen molar-refractivity contribution in [3.05, 3.63) is 35.0 Å². The van der Waals surface area contributed by atoms with Gasteiger partial charge < -0.3 is 15.2 Å². The van der Waals surface area contributed by atoms with E-state index >= 15 is 0 Å². The third-order valence-corrected chi connectivity index (χ3v) is 3.10. The van der Waals surface area contributed by atoms with E-state index < -0.39 is 0 Å². The lowest BCUT2D eigenvalue weighted by Gasteiger charge is -2.27. The third-order valence-electron chi connectivity index (χ3n) is 3.10. The van der Waals surface area contributed by atoms with Gasteiger partial charge in [0.05, 0.1) is 12.2 Å². The van der Waals surface area contributed by atoms with Crippen molar-refractivity contribution in [1.82, 2.24) is 20.0 Å². The molecular formula is C12H13N5O2. The molecule has 0 saturated carbocycles. The largest absolute Gasteiger partial charge is 0.368 e. The minimum atomic E-state index is -0.153. The van der Waals surface area contributed by atoms with Crippen molar-refractivity contribution in [3.8, 4) is 0 Å². The molecule has 1 aliphatic rings. The summed E-state index contributed by atoms with van der Waals surface area (Å²) in [4.78, 5) is 22.1. The first-order valence-electron chi connectivity index (χ1n) is 5.96. The zero-order valence-electron chi connectivity index (χ0n) is 10.5. The number of nitrogens with zero attached hydrogens (tertiary/aromatic N) is 4. The lowest BCUT2D eigenvalue weighted by atomic mass is 10.1. The molecular weight excluding hydrogens is 246 g/mol. The van der Waals surface area contributed by atoms with Crippen molar-refractivity contribution in [3.63, 3.8) is 0 Å². The highest BCUT2D eigenvalue weighted by molar-refractivity contribution is 5.92. The van der Waals surface area contributed by atoms with Crippen LogP contribution in [0.1, 0.15) is 27.5 Å². The van der Waals surface area contributed by atoms with Gasteiger partial charge in [0, 0.05) is 18.8 Å². The number of carbonyl (C=O) groups is 1. The molecule has 98 valence electrons. The van der Waals surface area contributed by atoms with Crippen molar-refractivity contribution in [2.45, 2.75) is 19.9 Å². The number of fused-ring (bicyclic) bond motifs is 1. The average molecular weight is 259 g/mol. The van der Waals surface area contributed by atoms with Crippen LogP contribution in [0.3, 0.4) is 0 Å². The molecule has 0 spiro atoms. The molecule has 0 atom stereocenters. The Labute approximate surface area is 109 Å². The number of carbonyl (C=O) groups excluding carboxylic acids is 1. The third kappa shape index (κ3) is 2.14. The SMILES string of the molecule is Cc1cc(C(=O)N2CCc3cnc(N)nc3C2)no1. The van der Waals surface area contributed by atoms with Gasteiger partial charge in [0.2, 0.25) is 5.95 Å². The van der Waals surface area contributed by atoms with Gasteiger partial charge in [-0.15, -0.1) is 0 Å². The van der Waals surface area contributed by atoms with E-state index in [1.807, 2.05) is 0 Å². The smallest absolute Gasteiger partial charge is 0.276 e. The van der Waals surface area contributed by atoms with E-state index in [-0.39, 0.29) is 11.9 Å². The maximum atomic E-state index is 12.2. The van der Waals surface area contributed by atoms with E-state index in [4.69, 9.17) is 10.3 Å². The van der Waals surface area contributed by atoms with Crippen LogP contribution in [0.2, 0.25) is 0 Å². The summed E-state index contributed by atoms with van der Waals surface area (Å²) in [6.07, 6.45) is 2.44. The maximum absolute atomic E-state index is 12.2. The number of hydrogen-bond acceptors (Lipinski definition) is 6. The fourth-order valence-corrected chi connectivity index (χ4v) is 2.12. The van der Waals surface area contributed by atoms with Crippen LogP contribution in [-0.4, -0.2) is 32.5 Å². The Morgan fingerprint density at radius 1 is 1.53 bits per heavy atom. The Hall–Kier alpha value is -2.44. The van der Waals surface area contributed by atoms with Crippen LogP contribution < -0.4 is 5.73 Å². The molecule has 0 fully saturated rings. The van der Waals surface area contributed by atoms with E-state index in [0.717, 1.165) is 17.7 Å². The van der Waals surface area contributed by atoms with E-state index in [0.29, 0.717) is 24.5 Å². The van der Waals surface area contributed by atoms with Crippen molar-refractivity contribution in [1.29, 1.82) is 0 Å². The van der Waals surface area contributed by atoms with Gasteiger partial charge in [-0.25, -0.2) is 9.97 Å². The summed E-state index contributed by atoms with van der Waals surface area (Å²) in [5.41, 5.74) is 7.72. The number of aromatic nitrogens is 3. The Bertz CT molecular complexity index is 637. The van der Waals surface area contributed by atoms with Crippen LogP contribution in [0.5, 0.6) is 0 Å². The highest BCUT2D eigenvalue weighted by Crippen LogP contribution is 2.18. The van der Waals surface area contributed by atoms with Gasteiger partial charge >= 0.3 is 0 Å². The zero-order chi connectivity index (χ0) is 13.4. The molecule has 19 heavy (non-hydrogen) atoms. The zero-order valence-corrected chi connectivity index (χ0v) is 10.5. The van der Waals surface area contributed by atoms with Gasteiger partial charge in [-0.1, -0.05) is 5.16 Å². The monoisotopic (exact) mass is 259 g/mol. The second-order valence-electron chi connectivity index (χ2n) is 4.50. The second-order valence-corrected chi connectivity index (χ2v) is 4.50. The molecule has 3 rings (SSSR count). The summed E-state index contributed by atoms with van der Waals surface area (Å²) in [5, 5.41) is 3.74. The predicted octanol–water partition coefficient (Wildman–Crippen LogP) is 0.554. The van der Waals surface area contributed by atoms with Crippen LogP contribution in [0, 0.1) is 6.92 Å². The summed E-state index contributed by atoms with van der Waals surface area (Å²) in [7, 11) is 0. The number of amides is 1. The molecule has 2 aromatic heterocycles. The quantitative estimate of drug-likeness (QED) is 0.803. The molecule has 3 heterocycles. The van der Waals surface area contributed by atoms with Crippen molar-refractivity contribution >= 4 is 11.9 Å². The van der Waals surface area contributed by atoms with E-state index in [9.17, 15) is 4.79 Å². The lowest BCUT2D eigenvalue weighted by molar-refractivity contribution is 0.0721. The molecule has 1 aliphatic heterocycles. The van der Waals surface area contributed by atoms with Gasteiger partial charge in [-0.3, -0.25) is 4.79 Å². The molecule has 0 saturated heterocycles. The van der Waals surface area contributed by atoms with Gasteiger partial charge in [0.15, 0.2) is 5.69 Å². The van der Waals surface area contributed by atoms with Gasteiger partial charge in [0.25, 0.3) is 5.91 Å². The molecule has 0 aromatic carbocycles. The molecule has 0 bridgehead atoms. The van der Waals surface area contributed by atoms with Gasteiger partial charge in [-0.05, 0) is 18.9 Å². The summed E-state index contributed by atoms with van der Waals surface area (Å²) in [6.45, 7) is 2.79. The minimum absolute atomic E-state index is 0.153. The molecule has 2 N–H and O–H groups in total. The highest BCUT2D eigenvalue weighted by atomic mass is 16.5. The summed E-state index contributed by atoms with van der Waals surface area (Å²) in [6, 6.07) is 1.63.